The molecule has 3 aromatic heterocycles. The molecule has 0 unspecified atom stereocenters. The van der Waals surface area contributed by atoms with Gasteiger partial charge in [-0.3, -0.25) is 0 Å². The maximum atomic E-state index is 14.7. The number of halogens is 3. The van der Waals surface area contributed by atoms with Gasteiger partial charge in [-0.2, -0.15) is 0 Å². The highest BCUT2D eigenvalue weighted by Gasteiger charge is 2.32. The summed E-state index contributed by atoms with van der Waals surface area (Å²) in [5, 5.41) is 11.0. The number of piperidine rings is 1. The number of nitrogens with one attached hydrogen (secondary N) is 3. The second-order valence-electron chi connectivity index (χ2n) is 30.4. The molecule has 15 heteroatoms. The van der Waals surface area contributed by atoms with Gasteiger partial charge in [-0.15, -0.1) is 0 Å². The topological polar surface area (TPSA) is 123 Å². The second-order valence-corrected chi connectivity index (χ2v) is 31.8. The Morgan fingerprint density at radius 2 is 0.918 bits per heavy atom. The van der Waals surface area contributed by atoms with Crippen LogP contribution in [0.25, 0.3) is 33.8 Å². The summed E-state index contributed by atoms with van der Waals surface area (Å²) in [4.78, 5) is 36.4. The van der Waals surface area contributed by atoms with Gasteiger partial charge in [0.15, 0.2) is 0 Å². The van der Waals surface area contributed by atoms with Crippen molar-refractivity contribution >= 4 is 62.4 Å². The van der Waals surface area contributed by atoms with Crippen LogP contribution in [0.1, 0.15) is 156 Å². The van der Waals surface area contributed by atoms with Gasteiger partial charge >= 0.3 is 0 Å². The van der Waals surface area contributed by atoms with E-state index in [4.69, 9.17) is 26.6 Å². The zero-order chi connectivity index (χ0) is 75.1. The van der Waals surface area contributed by atoms with E-state index in [0.717, 1.165) is 130 Å². The molecule has 1 saturated carbocycles. The smallest absolute Gasteiger partial charge is 0.227 e. The molecule has 1 saturated heterocycles. The fourth-order valence-electron chi connectivity index (χ4n) is 16.6. The predicted octanol–water partition coefficient (Wildman–Crippen LogP) is 22.4. The van der Waals surface area contributed by atoms with Crippen LogP contribution in [0.15, 0.2) is 241 Å². The third-order valence-corrected chi connectivity index (χ3v) is 23.6. The molecule has 17 rings (SSSR count). The highest BCUT2D eigenvalue weighted by Crippen LogP contribution is 2.46. The van der Waals surface area contributed by atoms with Crippen LogP contribution in [0, 0.1) is 5.82 Å². The largest absolute Gasteiger partial charge is 0.324 e. The second kappa shape index (κ2) is 36.4. The van der Waals surface area contributed by atoms with Crippen molar-refractivity contribution in [2.75, 3.05) is 69.3 Å². The lowest BCUT2D eigenvalue weighted by Crippen LogP contribution is -2.34. The fourth-order valence-corrected chi connectivity index (χ4v) is 17.0. The van der Waals surface area contributed by atoms with Crippen LogP contribution in [0.5, 0.6) is 0 Å². The van der Waals surface area contributed by atoms with E-state index >= 15 is 0 Å². The highest BCUT2D eigenvalue weighted by atomic mass is 79.9. The Hall–Kier alpha value is -9.80. The first-order chi connectivity index (χ1) is 54.0. The SMILES string of the molecule is Brc1ccc([C@@H]2Cc3cnc(Nc4ccc(CCN5CCCCC5)cc4)nc3-c3ccccc32)cc1.CCCCN(C)CCc1cccc(Nc2ncc3c(n2)-c2ccccc2[C@H](c2ccccc2F)C3)c1.CN(CCc1ccc(Nc2ncc3c(n2)-c2ccccc2[C@H](c2ccc(Cl)cc2)C3)cc1)C1CCCCC1. The monoisotopic (exact) mass is 1540 g/mol. The number of fused-ring (bicyclic) bond motifs is 9. The van der Waals surface area contributed by atoms with Crippen molar-refractivity contribution in [2.45, 2.75) is 133 Å². The molecule has 560 valence electrons. The minimum atomic E-state index is -0.170. The van der Waals surface area contributed by atoms with Gasteiger partial charge in [0.1, 0.15) is 5.82 Å². The lowest BCUT2D eigenvalue weighted by molar-refractivity contribution is 0.194. The maximum absolute atomic E-state index is 14.7. The van der Waals surface area contributed by atoms with E-state index in [0.29, 0.717) is 30.2 Å². The minimum Gasteiger partial charge on any atom is -0.324 e. The third kappa shape index (κ3) is 18.8. The summed E-state index contributed by atoms with van der Waals surface area (Å²) in [6.45, 7) is 9.18. The lowest BCUT2D eigenvalue weighted by Gasteiger charge is -2.31. The molecule has 12 aromatic rings. The average molecular weight is 1540 g/mol. The first kappa shape index (κ1) is 75.6. The van der Waals surface area contributed by atoms with Crippen molar-refractivity contribution in [1.29, 1.82) is 0 Å². The Balaban J connectivity index is 0.000000131. The van der Waals surface area contributed by atoms with Crippen LogP contribution in [-0.4, -0.2) is 104 Å². The standard InChI is InChI=1S/C33H35ClN4.C31H31BrN4.C31H33FN4/c1-38(28-7-3-2-4-8-28)20-19-23-11-17-27(18-12-23)36-33-35-22-25-21-31(24-13-15-26(34)16-14-24)29-9-5-6-10-30(29)32(25)37-33;32-25-12-10-23(11-13-25)29-20-24-21-33-31(35-30(24)28-7-3-2-6-27(28)29)34-26-14-8-22(9-15-26)16-19-36-17-4-1-5-18-36;1-3-4-17-36(2)18-16-22-10-9-11-24(19-22)34-31-33-21-23-20-28(26-13-7-8-15-29(26)32)25-12-5-6-14-27(25)30(23)35-31/h5-6,9-18,22,28,31H,2-4,7-8,19-21H2,1H3,(H,35,36,37);2-3,6-15,21,29H,1,4-5,16-20H2,(H,33,34,35);5-15,19,21,28H,3-4,16-18,20H2,1-2H3,(H,33,34,35)/t31-;29-;28-/m001/s1. The van der Waals surface area contributed by atoms with Crippen LogP contribution in [-0.2, 0) is 38.5 Å². The van der Waals surface area contributed by atoms with E-state index in [2.05, 4.69) is 252 Å². The number of hydrogen-bond acceptors (Lipinski definition) is 12. The van der Waals surface area contributed by atoms with Gasteiger partial charge in [0.25, 0.3) is 0 Å². The van der Waals surface area contributed by atoms with Gasteiger partial charge in [0, 0.05) is 105 Å². The summed E-state index contributed by atoms with van der Waals surface area (Å²) in [5.41, 5.74) is 23.9. The van der Waals surface area contributed by atoms with Crippen LogP contribution in [0.2, 0.25) is 5.02 Å². The Bertz CT molecular complexity index is 5050. The first-order valence-corrected chi connectivity index (χ1v) is 41.0. The summed E-state index contributed by atoms with van der Waals surface area (Å²) >= 11 is 9.71. The Morgan fingerprint density at radius 1 is 0.455 bits per heavy atom. The van der Waals surface area contributed by atoms with Crippen molar-refractivity contribution in [3.05, 3.63) is 319 Å². The molecular weight excluding hydrogens is 1440 g/mol. The number of likely N-dealkylation sites (tertiary alicyclic amines) is 1. The molecule has 4 aliphatic carbocycles. The number of hydrogen-bond donors (Lipinski definition) is 3. The summed E-state index contributed by atoms with van der Waals surface area (Å²) < 4.78 is 15.8. The lowest BCUT2D eigenvalue weighted by atomic mass is 9.78. The molecule has 0 bridgehead atoms. The predicted molar refractivity (Wildman–Crippen MR) is 454 cm³/mol. The number of rotatable bonds is 22. The summed E-state index contributed by atoms with van der Waals surface area (Å²) in [7, 11) is 4.47. The molecule has 5 aliphatic rings. The fraction of sp³-hybridized carbons (Fsp3) is 0.305. The molecule has 2 fully saturated rings. The molecule has 9 aromatic carbocycles. The molecule has 4 heterocycles. The van der Waals surface area contributed by atoms with E-state index < -0.39 is 0 Å². The number of anilines is 6. The summed E-state index contributed by atoms with van der Waals surface area (Å²) in [6.07, 6.45) is 24.9. The molecule has 0 amide bonds. The molecule has 12 nitrogen and oxygen atoms in total. The number of benzene rings is 9. The zero-order valence-electron chi connectivity index (χ0n) is 63.5. The average Bonchev–Trinajstić information content (AvgIpc) is 0.769. The van der Waals surface area contributed by atoms with E-state index in [-0.39, 0.29) is 17.7 Å². The van der Waals surface area contributed by atoms with Gasteiger partial charge < -0.3 is 30.7 Å². The maximum Gasteiger partial charge on any atom is 0.227 e. The van der Waals surface area contributed by atoms with Crippen molar-refractivity contribution in [3.63, 3.8) is 0 Å². The van der Waals surface area contributed by atoms with Gasteiger partial charge in [-0.05, 0) is 238 Å². The summed E-state index contributed by atoms with van der Waals surface area (Å²) in [6, 6.07) is 76.1. The van der Waals surface area contributed by atoms with E-state index in [1.165, 1.54) is 145 Å². The molecular formula is C95H99BrClFN12. The number of likely N-dealkylation sites (N-methyl/N-ethyl adjacent to an activating group) is 2. The molecule has 1 aliphatic heterocycles. The van der Waals surface area contributed by atoms with E-state index in [9.17, 15) is 4.39 Å². The number of aromatic nitrogens is 6. The van der Waals surface area contributed by atoms with Crippen molar-refractivity contribution in [2.24, 2.45) is 0 Å². The van der Waals surface area contributed by atoms with Crippen molar-refractivity contribution in [3.8, 4) is 33.8 Å². The third-order valence-electron chi connectivity index (χ3n) is 22.9. The van der Waals surface area contributed by atoms with Crippen LogP contribution < -0.4 is 16.0 Å². The van der Waals surface area contributed by atoms with Crippen LogP contribution in [0.4, 0.5) is 39.3 Å². The van der Waals surface area contributed by atoms with Gasteiger partial charge in [0.05, 0.1) is 17.1 Å². The van der Waals surface area contributed by atoms with Gasteiger partial charge in [0.2, 0.25) is 17.8 Å². The van der Waals surface area contributed by atoms with Crippen LogP contribution >= 0.6 is 27.5 Å². The normalized spacial score (nSPS) is 16.3. The Morgan fingerprint density at radius 3 is 1.45 bits per heavy atom. The summed E-state index contributed by atoms with van der Waals surface area (Å²) in [5.74, 6) is 2.20. The van der Waals surface area contributed by atoms with Gasteiger partial charge in [-0.25, -0.2) is 34.3 Å². The van der Waals surface area contributed by atoms with E-state index in [1.54, 1.807) is 6.07 Å². The van der Waals surface area contributed by atoms with Crippen molar-refractivity contribution < 1.29 is 4.39 Å². The molecule has 110 heavy (non-hydrogen) atoms. The number of nitrogens with zero attached hydrogens (tertiary/aromatic N) is 9. The quantitative estimate of drug-likeness (QED) is 0.0599. The molecule has 3 N–H and O–H groups in total. The number of unbranched alkanes of at least 4 members (excludes halogenated alkanes) is 1. The Kier molecular flexibility index (Phi) is 25.0. The molecule has 3 atom stereocenters. The minimum absolute atomic E-state index is 0.0514. The van der Waals surface area contributed by atoms with Crippen LogP contribution in [0.3, 0.4) is 0 Å². The van der Waals surface area contributed by atoms with Crippen molar-refractivity contribution in [1.82, 2.24) is 44.6 Å². The van der Waals surface area contributed by atoms with Gasteiger partial charge in [-0.1, -0.05) is 218 Å². The Labute approximate surface area is 662 Å². The molecule has 0 spiro atoms. The first-order valence-electron chi connectivity index (χ1n) is 39.8. The zero-order valence-corrected chi connectivity index (χ0v) is 65.9. The molecule has 0 radical (unpaired) electrons. The highest BCUT2D eigenvalue weighted by molar-refractivity contribution is 9.10. The van der Waals surface area contributed by atoms with E-state index in [1.807, 2.05) is 55.0 Å².